The van der Waals surface area contributed by atoms with Crippen LogP contribution in [0.5, 0.6) is 0 Å². The molecule has 0 aliphatic carbocycles. The number of nitrogens with zero attached hydrogens (tertiary/aromatic N) is 2. The van der Waals surface area contributed by atoms with Crippen molar-refractivity contribution in [3.8, 4) is 0 Å². The molecular weight excluding hydrogens is 334 g/mol. The van der Waals surface area contributed by atoms with E-state index in [0.29, 0.717) is 6.54 Å². The fraction of sp³-hybridized carbons (Fsp3) is 0.348. The van der Waals surface area contributed by atoms with Gasteiger partial charge in [-0.2, -0.15) is 0 Å². The predicted molar refractivity (Wildman–Crippen MR) is 112 cm³/mol. The van der Waals surface area contributed by atoms with Crippen molar-refractivity contribution in [1.29, 1.82) is 0 Å². The number of hydrogen-bond acceptors (Lipinski definition) is 2. The number of amides is 1. The minimum Gasteiger partial charge on any atom is -0.350 e. The fourth-order valence-corrected chi connectivity index (χ4v) is 4.03. The molecule has 4 heteroatoms. The van der Waals surface area contributed by atoms with E-state index in [1.165, 1.54) is 22.0 Å². The van der Waals surface area contributed by atoms with Gasteiger partial charge in [-0.25, -0.2) is 0 Å². The van der Waals surface area contributed by atoms with Crippen LogP contribution >= 0.6 is 0 Å². The summed E-state index contributed by atoms with van der Waals surface area (Å²) in [6.07, 6.45) is 2.17. The topological polar surface area (TPSA) is 37.3 Å². The molecule has 0 bridgehead atoms. The monoisotopic (exact) mass is 363 g/mol. The Morgan fingerprint density at radius 3 is 2.37 bits per heavy atom. The lowest BCUT2D eigenvalue weighted by Crippen LogP contribution is -2.35. The number of hydrogen-bond donors (Lipinski definition) is 1. The highest BCUT2D eigenvalue weighted by Crippen LogP contribution is 2.28. The lowest BCUT2D eigenvalue weighted by Gasteiger charge is -2.25. The van der Waals surface area contributed by atoms with Gasteiger partial charge in [0, 0.05) is 36.3 Å². The molecular formula is C23H29N3O. The molecule has 1 unspecified atom stereocenters. The first-order chi connectivity index (χ1) is 12.8. The van der Waals surface area contributed by atoms with E-state index in [0.717, 1.165) is 16.7 Å². The summed E-state index contributed by atoms with van der Waals surface area (Å²) in [5, 5.41) is 4.40. The van der Waals surface area contributed by atoms with Gasteiger partial charge < -0.3 is 14.8 Å². The van der Waals surface area contributed by atoms with Crippen LogP contribution in [0.1, 0.15) is 38.7 Å². The van der Waals surface area contributed by atoms with Gasteiger partial charge in [0.25, 0.3) is 5.91 Å². The fourth-order valence-electron chi connectivity index (χ4n) is 4.03. The molecule has 0 aliphatic rings. The van der Waals surface area contributed by atoms with E-state index in [1.807, 2.05) is 13.8 Å². The average Bonchev–Trinajstić information content (AvgIpc) is 2.91. The third-order valence-corrected chi connectivity index (χ3v) is 5.27. The number of aromatic nitrogens is 1. The number of carbonyl (C=O) groups excluding carboxylic acids is 1. The first-order valence-electron chi connectivity index (χ1n) is 9.36. The van der Waals surface area contributed by atoms with Crippen molar-refractivity contribution in [2.24, 2.45) is 7.05 Å². The minimum atomic E-state index is -0.00270. The summed E-state index contributed by atoms with van der Waals surface area (Å²) in [5.74, 6) is -0.00270. The van der Waals surface area contributed by atoms with E-state index in [9.17, 15) is 4.79 Å². The van der Waals surface area contributed by atoms with E-state index >= 15 is 0 Å². The first-order valence-corrected chi connectivity index (χ1v) is 9.36. The number of benzene rings is 2. The molecule has 2 aromatic carbocycles. The zero-order valence-electron chi connectivity index (χ0n) is 17.1. The van der Waals surface area contributed by atoms with Gasteiger partial charge in [0.05, 0.1) is 6.04 Å². The molecule has 0 saturated carbocycles. The summed E-state index contributed by atoms with van der Waals surface area (Å²) in [5.41, 5.74) is 6.46. The maximum absolute atomic E-state index is 12.9. The standard InChI is InChI=1S/C23H29N3O/c1-15-11-16(2)22(17(3)12-15)23(27)24-13-21(25(4)5)19-14-26(6)20-10-8-7-9-18(19)20/h7-12,14,21H,13H2,1-6H3,(H,24,27). The van der Waals surface area contributed by atoms with Gasteiger partial charge in [-0.05, 0) is 57.6 Å². The molecule has 4 nitrogen and oxygen atoms in total. The second-order valence-corrected chi connectivity index (χ2v) is 7.68. The Hall–Kier alpha value is -2.59. The zero-order valence-corrected chi connectivity index (χ0v) is 17.1. The summed E-state index contributed by atoms with van der Waals surface area (Å²) in [6, 6.07) is 12.6. The van der Waals surface area contributed by atoms with Gasteiger partial charge >= 0.3 is 0 Å². The molecule has 1 amide bonds. The molecule has 0 aliphatic heterocycles. The summed E-state index contributed by atoms with van der Waals surface area (Å²) in [4.78, 5) is 15.1. The molecule has 1 aromatic heterocycles. The summed E-state index contributed by atoms with van der Waals surface area (Å²) in [7, 11) is 6.18. The molecule has 0 fully saturated rings. The highest BCUT2D eigenvalue weighted by molar-refractivity contribution is 5.97. The van der Waals surface area contributed by atoms with Crippen LogP contribution < -0.4 is 5.32 Å². The van der Waals surface area contributed by atoms with Crippen LogP contribution in [0.25, 0.3) is 10.9 Å². The molecule has 27 heavy (non-hydrogen) atoms. The summed E-state index contributed by atoms with van der Waals surface area (Å²) in [6.45, 7) is 6.63. The van der Waals surface area contributed by atoms with Crippen LogP contribution in [0.2, 0.25) is 0 Å². The quantitative estimate of drug-likeness (QED) is 0.740. The molecule has 1 N–H and O–H groups in total. The number of para-hydroxylation sites is 1. The molecule has 3 aromatic rings. The van der Waals surface area contributed by atoms with Gasteiger partial charge in [-0.3, -0.25) is 4.79 Å². The highest BCUT2D eigenvalue weighted by Gasteiger charge is 2.21. The van der Waals surface area contributed by atoms with E-state index in [2.05, 4.69) is 85.4 Å². The number of nitrogens with one attached hydrogen (secondary N) is 1. The minimum absolute atomic E-state index is 0.00270. The lowest BCUT2D eigenvalue weighted by molar-refractivity contribution is 0.0941. The molecule has 1 heterocycles. The second-order valence-electron chi connectivity index (χ2n) is 7.68. The van der Waals surface area contributed by atoms with Crippen molar-refractivity contribution in [1.82, 2.24) is 14.8 Å². The van der Waals surface area contributed by atoms with Crippen molar-refractivity contribution in [3.05, 3.63) is 70.4 Å². The molecule has 142 valence electrons. The second kappa shape index (κ2) is 7.57. The van der Waals surface area contributed by atoms with Crippen molar-refractivity contribution in [2.45, 2.75) is 26.8 Å². The Morgan fingerprint density at radius 2 is 1.74 bits per heavy atom. The lowest BCUT2D eigenvalue weighted by atomic mass is 9.99. The smallest absolute Gasteiger partial charge is 0.251 e. The molecule has 0 radical (unpaired) electrons. The van der Waals surface area contributed by atoms with Gasteiger partial charge in [0.1, 0.15) is 0 Å². The first kappa shape index (κ1) is 19.2. The average molecular weight is 364 g/mol. The molecule has 1 atom stereocenters. The molecule has 0 spiro atoms. The van der Waals surface area contributed by atoms with Crippen molar-refractivity contribution in [3.63, 3.8) is 0 Å². The van der Waals surface area contributed by atoms with Crippen LogP contribution in [-0.2, 0) is 7.05 Å². The Bertz CT molecular complexity index is 961. The summed E-state index contributed by atoms with van der Waals surface area (Å²) >= 11 is 0. The van der Waals surface area contributed by atoms with Gasteiger partial charge in [-0.1, -0.05) is 35.9 Å². The van der Waals surface area contributed by atoms with Gasteiger partial charge in [0.15, 0.2) is 0 Å². The Labute approximate surface area is 161 Å². The van der Waals surface area contributed by atoms with Crippen molar-refractivity contribution in [2.75, 3.05) is 20.6 Å². The van der Waals surface area contributed by atoms with Gasteiger partial charge in [0.2, 0.25) is 0 Å². The number of likely N-dealkylation sites (N-methyl/N-ethyl adjacent to an activating group) is 1. The Morgan fingerprint density at radius 1 is 1.11 bits per heavy atom. The normalized spacial score (nSPS) is 12.6. The van der Waals surface area contributed by atoms with Crippen LogP contribution in [0.3, 0.4) is 0 Å². The number of carbonyl (C=O) groups is 1. The molecule has 3 rings (SSSR count). The largest absolute Gasteiger partial charge is 0.350 e. The zero-order chi connectivity index (χ0) is 19.7. The van der Waals surface area contributed by atoms with Crippen molar-refractivity contribution >= 4 is 16.8 Å². The number of fused-ring (bicyclic) bond motifs is 1. The Balaban J connectivity index is 1.87. The highest BCUT2D eigenvalue weighted by atomic mass is 16.1. The number of rotatable bonds is 5. The predicted octanol–water partition coefficient (Wildman–Crippen LogP) is 4.14. The third-order valence-electron chi connectivity index (χ3n) is 5.27. The van der Waals surface area contributed by atoms with E-state index < -0.39 is 0 Å². The van der Waals surface area contributed by atoms with Gasteiger partial charge in [-0.15, -0.1) is 0 Å². The SMILES string of the molecule is Cc1cc(C)c(C(=O)NCC(c2cn(C)c3ccccc23)N(C)C)c(C)c1. The van der Waals surface area contributed by atoms with Crippen LogP contribution in [0.4, 0.5) is 0 Å². The summed E-state index contributed by atoms with van der Waals surface area (Å²) < 4.78 is 2.15. The maximum atomic E-state index is 12.9. The number of aryl methyl sites for hydroxylation is 4. The molecule has 0 saturated heterocycles. The van der Waals surface area contributed by atoms with Crippen molar-refractivity contribution < 1.29 is 4.79 Å². The van der Waals surface area contributed by atoms with Crippen LogP contribution in [0, 0.1) is 20.8 Å². The van der Waals surface area contributed by atoms with E-state index in [-0.39, 0.29) is 11.9 Å². The Kier molecular flexibility index (Phi) is 5.38. The van der Waals surface area contributed by atoms with E-state index in [1.54, 1.807) is 0 Å². The van der Waals surface area contributed by atoms with E-state index in [4.69, 9.17) is 0 Å². The van der Waals surface area contributed by atoms with Crippen LogP contribution in [-0.4, -0.2) is 36.0 Å². The van der Waals surface area contributed by atoms with Crippen LogP contribution in [0.15, 0.2) is 42.6 Å². The maximum Gasteiger partial charge on any atom is 0.251 e. The third kappa shape index (κ3) is 3.76.